The standard InChI is InChI=1S/C17H16ClN5O/c1-22-14-5-3-2-4-13(14)21-17(22)11-8-15(20-9-12(11)18)23-7-6-19-16(24)10-23/h2-5,8-9H,6-7,10H2,1H3,(H,19,24). The fourth-order valence-electron chi connectivity index (χ4n) is 2.99. The zero-order chi connectivity index (χ0) is 16.7. The van der Waals surface area contributed by atoms with Gasteiger partial charge in [-0.1, -0.05) is 23.7 Å². The number of piperazine rings is 1. The van der Waals surface area contributed by atoms with Gasteiger partial charge >= 0.3 is 0 Å². The van der Waals surface area contributed by atoms with E-state index in [0.717, 1.165) is 34.8 Å². The highest BCUT2D eigenvalue weighted by Crippen LogP contribution is 2.31. The van der Waals surface area contributed by atoms with Crippen LogP contribution in [0.4, 0.5) is 5.82 Å². The number of anilines is 1. The smallest absolute Gasteiger partial charge is 0.239 e. The van der Waals surface area contributed by atoms with Crippen molar-refractivity contribution in [3.05, 3.63) is 41.6 Å². The molecule has 0 bridgehead atoms. The third-order valence-corrected chi connectivity index (χ3v) is 4.53. The molecule has 0 atom stereocenters. The molecule has 0 spiro atoms. The Morgan fingerprint density at radius 3 is 2.92 bits per heavy atom. The average Bonchev–Trinajstić information content (AvgIpc) is 2.92. The Bertz CT molecular complexity index is 936. The monoisotopic (exact) mass is 341 g/mol. The molecule has 1 aromatic carbocycles. The van der Waals surface area contributed by atoms with E-state index in [-0.39, 0.29) is 5.91 Å². The van der Waals surface area contributed by atoms with Gasteiger partial charge in [0.1, 0.15) is 11.6 Å². The predicted molar refractivity (Wildman–Crippen MR) is 94.2 cm³/mol. The summed E-state index contributed by atoms with van der Waals surface area (Å²) >= 11 is 6.38. The highest BCUT2D eigenvalue weighted by Gasteiger charge is 2.20. The van der Waals surface area contributed by atoms with E-state index in [4.69, 9.17) is 16.6 Å². The van der Waals surface area contributed by atoms with E-state index in [9.17, 15) is 4.79 Å². The van der Waals surface area contributed by atoms with E-state index in [1.807, 2.05) is 46.8 Å². The Morgan fingerprint density at radius 2 is 2.12 bits per heavy atom. The molecule has 2 aromatic heterocycles. The van der Waals surface area contributed by atoms with Gasteiger partial charge in [-0.25, -0.2) is 9.97 Å². The van der Waals surface area contributed by atoms with Crippen LogP contribution in [-0.4, -0.2) is 40.1 Å². The number of benzene rings is 1. The molecule has 3 heterocycles. The predicted octanol–water partition coefficient (Wildman–Crippen LogP) is 2.22. The quantitative estimate of drug-likeness (QED) is 0.776. The molecule has 3 aromatic rings. The molecule has 0 saturated carbocycles. The van der Waals surface area contributed by atoms with E-state index in [1.54, 1.807) is 6.20 Å². The molecule has 0 radical (unpaired) electrons. The van der Waals surface area contributed by atoms with E-state index in [1.165, 1.54) is 0 Å². The highest BCUT2D eigenvalue weighted by atomic mass is 35.5. The topological polar surface area (TPSA) is 63.0 Å². The minimum absolute atomic E-state index is 0.00211. The summed E-state index contributed by atoms with van der Waals surface area (Å²) in [6.45, 7) is 1.64. The van der Waals surface area contributed by atoms with Crippen LogP contribution in [0.25, 0.3) is 22.4 Å². The zero-order valence-electron chi connectivity index (χ0n) is 13.2. The van der Waals surface area contributed by atoms with Gasteiger partial charge in [-0.15, -0.1) is 0 Å². The minimum atomic E-state index is 0.00211. The minimum Gasteiger partial charge on any atom is -0.353 e. The number of aromatic nitrogens is 3. The van der Waals surface area contributed by atoms with Crippen LogP contribution < -0.4 is 10.2 Å². The second kappa shape index (κ2) is 5.79. The Kier molecular flexibility index (Phi) is 3.61. The Balaban J connectivity index is 1.80. The first-order chi connectivity index (χ1) is 11.6. The number of carbonyl (C=O) groups is 1. The Hall–Kier alpha value is -2.60. The number of hydrogen-bond donors (Lipinski definition) is 1. The molecule has 0 unspecified atom stereocenters. The molecule has 1 aliphatic rings. The molecule has 1 amide bonds. The third-order valence-electron chi connectivity index (χ3n) is 4.23. The fraction of sp³-hybridized carbons (Fsp3) is 0.235. The van der Waals surface area contributed by atoms with Crippen molar-refractivity contribution < 1.29 is 4.79 Å². The van der Waals surface area contributed by atoms with E-state index >= 15 is 0 Å². The van der Waals surface area contributed by atoms with Gasteiger partial charge in [0.15, 0.2) is 0 Å². The maximum Gasteiger partial charge on any atom is 0.239 e. The lowest BCUT2D eigenvalue weighted by Gasteiger charge is -2.27. The SMILES string of the molecule is Cn1c(-c2cc(N3CCNC(=O)C3)ncc2Cl)nc2ccccc21. The molecule has 1 aliphatic heterocycles. The molecule has 6 nitrogen and oxygen atoms in total. The molecule has 24 heavy (non-hydrogen) atoms. The number of fused-ring (bicyclic) bond motifs is 1. The van der Waals surface area contributed by atoms with Crippen molar-refractivity contribution in [2.24, 2.45) is 7.05 Å². The first kappa shape index (κ1) is 15.0. The summed E-state index contributed by atoms with van der Waals surface area (Å²) in [5.41, 5.74) is 2.77. The first-order valence-corrected chi connectivity index (χ1v) is 8.10. The molecule has 1 fully saturated rings. The largest absolute Gasteiger partial charge is 0.353 e. The van der Waals surface area contributed by atoms with Crippen molar-refractivity contribution in [2.45, 2.75) is 0 Å². The van der Waals surface area contributed by atoms with Gasteiger partial charge in [-0.2, -0.15) is 0 Å². The maximum atomic E-state index is 11.6. The van der Waals surface area contributed by atoms with Crippen molar-refractivity contribution >= 4 is 34.4 Å². The molecule has 122 valence electrons. The van der Waals surface area contributed by atoms with Crippen LogP contribution in [0.5, 0.6) is 0 Å². The molecular formula is C17H16ClN5O. The number of nitrogens with one attached hydrogen (secondary N) is 1. The van der Waals surface area contributed by atoms with E-state index in [2.05, 4.69) is 10.3 Å². The number of hydrogen-bond acceptors (Lipinski definition) is 4. The molecule has 7 heteroatoms. The van der Waals surface area contributed by atoms with Crippen molar-refractivity contribution in [2.75, 3.05) is 24.5 Å². The Labute approximate surface area is 144 Å². The summed E-state index contributed by atoms with van der Waals surface area (Å²) in [6.07, 6.45) is 1.62. The van der Waals surface area contributed by atoms with E-state index in [0.29, 0.717) is 18.1 Å². The third kappa shape index (κ3) is 2.49. The van der Waals surface area contributed by atoms with Crippen molar-refractivity contribution in [1.29, 1.82) is 0 Å². The number of imidazole rings is 1. The number of amides is 1. The number of halogens is 1. The lowest BCUT2D eigenvalue weighted by Crippen LogP contribution is -2.48. The number of carbonyl (C=O) groups excluding carboxylic acids is 1. The summed E-state index contributed by atoms with van der Waals surface area (Å²) in [7, 11) is 1.97. The van der Waals surface area contributed by atoms with Crippen LogP contribution >= 0.6 is 11.6 Å². The lowest BCUT2D eigenvalue weighted by molar-refractivity contribution is -0.120. The molecule has 0 aliphatic carbocycles. The van der Waals surface area contributed by atoms with Crippen LogP contribution in [0.15, 0.2) is 36.5 Å². The van der Waals surface area contributed by atoms with Gasteiger partial charge in [-0.3, -0.25) is 4.79 Å². The van der Waals surface area contributed by atoms with Gasteiger partial charge in [0.2, 0.25) is 5.91 Å². The normalized spacial score (nSPS) is 14.9. The first-order valence-electron chi connectivity index (χ1n) is 7.72. The van der Waals surface area contributed by atoms with Crippen LogP contribution in [0, 0.1) is 0 Å². The van der Waals surface area contributed by atoms with Crippen molar-refractivity contribution in [3.63, 3.8) is 0 Å². The van der Waals surface area contributed by atoms with Gasteiger partial charge < -0.3 is 14.8 Å². The van der Waals surface area contributed by atoms with Gasteiger partial charge in [0.05, 0.1) is 22.6 Å². The maximum absolute atomic E-state index is 11.6. The number of rotatable bonds is 2. The van der Waals surface area contributed by atoms with Gasteiger partial charge in [0.25, 0.3) is 0 Å². The second-order valence-electron chi connectivity index (χ2n) is 5.78. The van der Waals surface area contributed by atoms with Crippen LogP contribution in [0.2, 0.25) is 5.02 Å². The van der Waals surface area contributed by atoms with Crippen LogP contribution in [0.3, 0.4) is 0 Å². The van der Waals surface area contributed by atoms with Crippen LogP contribution in [0.1, 0.15) is 0 Å². The Morgan fingerprint density at radius 1 is 1.29 bits per heavy atom. The number of nitrogens with zero attached hydrogens (tertiary/aromatic N) is 4. The number of pyridine rings is 1. The molecule has 1 N–H and O–H groups in total. The number of para-hydroxylation sites is 2. The lowest BCUT2D eigenvalue weighted by atomic mass is 10.2. The average molecular weight is 342 g/mol. The second-order valence-corrected chi connectivity index (χ2v) is 6.18. The van der Waals surface area contributed by atoms with E-state index < -0.39 is 0 Å². The highest BCUT2D eigenvalue weighted by molar-refractivity contribution is 6.33. The summed E-state index contributed by atoms with van der Waals surface area (Å²) < 4.78 is 2.02. The summed E-state index contributed by atoms with van der Waals surface area (Å²) in [5, 5.41) is 3.36. The molecular weight excluding hydrogens is 326 g/mol. The fourth-order valence-corrected chi connectivity index (χ4v) is 3.18. The number of aryl methyl sites for hydroxylation is 1. The van der Waals surface area contributed by atoms with Crippen LogP contribution in [-0.2, 0) is 11.8 Å². The van der Waals surface area contributed by atoms with Crippen molar-refractivity contribution in [3.8, 4) is 11.4 Å². The summed E-state index contributed by atoms with van der Waals surface area (Å²) in [6, 6.07) is 9.85. The molecule has 1 saturated heterocycles. The van der Waals surface area contributed by atoms with Crippen molar-refractivity contribution in [1.82, 2.24) is 19.9 Å². The summed E-state index contributed by atoms with van der Waals surface area (Å²) in [5.74, 6) is 1.52. The van der Waals surface area contributed by atoms with Gasteiger partial charge in [0, 0.05) is 31.9 Å². The zero-order valence-corrected chi connectivity index (χ0v) is 13.9. The molecule has 4 rings (SSSR count). The van der Waals surface area contributed by atoms with Gasteiger partial charge in [-0.05, 0) is 18.2 Å². The summed E-state index contributed by atoms with van der Waals surface area (Å²) in [4.78, 5) is 22.6.